The lowest BCUT2D eigenvalue weighted by atomic mass is 9.78. The van der Waals surface area contributed by atoms with Gasteiger partial charge in [0, 0.05) is 30.3 Å². The molecule has 0 radical (unpaired) electrons. The summed E-state index contributed by atoms with van der Waals surface area (Å²) in [4.78, 5) is 32.2. The van der Waals surface area contributed by atoms with Gasteiger partial charge in [-0.1, -0.05) is 30.3 Å². The van der Waals surface area contributed by atoms with Gasteiger partial charge in [0.15, 0.2) is 0 Å². The molecule has 0 bridgehead atoms. The van der Waals surface area contributed by atoms with E-state index >= 15 is 0 Å². The Morgan fingerprint density at radius 1 is 1.19 bits per heavy atom. The van der Waals surface area contributed by atoms with Crippen LogP contribution in [0, 0.1) is 5.92 Å². The summed E-state index contributed by atoms with van der Waals surface area (Å²) in [6.07, 6.45) is 1.88. The summed E-state index contributed by atoms with van der Waals surface area (Å²) in [6.45, 7) is 2.16. The van der Waals surface area contributed by atoms with Gasteiger partial charge in [0.2, 0.25) is 11.8 Å². The lowest BCUT2D eigenvalue weighted by Gasteiger charge is -2.38. The van der Waals surface area contributed by atoms with E-state index in [1.54, 1.807) is 11.9 Å². The Kier molecular flexibility index (Phi) is 3.32. The predicted molar refractivity (Wildman–Crippen MR) is 106 cm³/mol. The molecule has 1 unspecified atom stereocenters. The summed E-state index contributed by atoms with van der Waals surface area (Å²) in [5, 5.41) is 6.17. The van der Waals surface area contributed by atoms with Gasteiger partial charge in [-0.2, -0.15) is 0 Å². The average molecular weight is 359 g/mol. The van der Waals surface area contributed by atoms with Crippen molar-refractivity contribution in [2.45, 2.75) is 25.2 Å². The second kappa shape index (κ2) is 5.52. The van der Waals surface area contributed by atoms with Gasteiger partial charge in [-0.15, -0.1) is 0 Å². The average Bonchev–Trinajstić information content (AvgIpc) is 3.54. The summed E-state index contributed by atoms with van der Waals surface area (Å²) < 4.78 is 0. The van der Waals surface area contributed by atoms with Gasteiger partial charge in [0.25, 0.3) is 0 Å². The molecule has 1 aromatic heterocycles. The highest BCUT2D eigenvalue weighted by molar-refractivity contribution is 6.19. The van der Waals surface area contributed by atoms with Crippen molar-refractivity contribution >= 4 is 39.2 Å². The Bertz CT molecular complexity index is 1120. The topological polar surface area (TPSA) is 62.3 Å². The van der Waals surface area contributed by atoms with Crippen molar-refractivity contribution < 1.29 is 9.59 Å². The molecule has 3 aromatic rings. The van der Waals surface area contributed by atoms with Gasteiger partial charge in [-0.25, -0.2) is 0 Å². The summed E-state index contributed by atoms with van der Waals surface area (Å²) in [7, 11) is 1.80. The Balaban J connectivity index is 1.75. The molecule has 5 nitrogen and oxygen atoms in total. The molecule has 136 valence electrons. The summed E-state index contributed by atoms with van der Waals surface area (Å²) in [5.41, 5.74) is 1.60. The van der Waals surface area contributed by atoms with Gasteiger partial charge >= 0.3 is 0 Å². The van der Waals surface area contributed by atoms with Crippen LogP contribution in [-0.2, 0) is 15.0 Å². The van der Waals surface area contributed by atoms with E-state index in [1.807, 2.05) is 37.3 Å². The van der Waals surface area contributed by atoms with Crippen molar-refractivity contribution in [1.29, 1.82) is 0 Å². The fraction of sp³-hybridized carbons (Fsp3) is 0.318. The Labute approximate surface area is 157 Å². The third kappa shape index (κ3) is 2.27. The van der Waals surface area contributed by atoms with Crippen molar-refractivity contribution in [1.82, 2.24) is 10.3 Å². The van der Waals surface area contributed by atoms with E-state index in [-0.39, 0.29) is 24.3 Å². The van der Waals surface area contributed by atoms with E-state index in [9.17, 15) is 9.59 Å². The maximum absolute atomic E-state index is 13.3. The normalized spacial score (nSPS) is 21.7. The predicted octanol–water partition coefficient (Wildman–Crippen LogP) is 3.15. The van der Waals surface area contributed by atoms with Crippen LogP contribution in [0.3, 0.4) is 0 Å². The largest absolute Gasteiger partial charge is 0.354 e. The second-order valence-electron chi connectivity index (χ2n) is 7.87. The standard InChI is InChI=1S/C22H21N3O2/c1-22(12-23-20(26)13-10-11-13)19-18-15(14-6-3-4-8-16(14)24-19)7-5-9-17(18)25(2)21(22)27/h3-9,13H,10-12H2,1-2H3,(H,23,26). The number of para-hydroxylation sites is 1. The number of nitrogens with zero attached hydrogens (tertiary/aromatic N) is 2. The van der Waals surface area contributed by atoms with Gasteiger partial charge in [0.1, 0.15) is 5.41 Å². The molecule has 0 spiro atoms. The van der Waals surface area contributed by atoms with E-state index in [2.05, 4.69) is 17.4 Å². The molecule has 2 aromatic carbocycles. The van der Waals surface area contributed by atoms with Gasteiger partial charge in [0.05, 0.1) is 16.9 Å². The highest BCUT2D eigenvalue weighted by Gasteiger charge is 2.45. The Morgan fingerprint density at radius 3 is 2.70 bits per heavy atom. The maximum atomic E-state index is 13.3. The highest BCUT2D eigenvalue weighted by atomic mass is 16.2. The molecule has 1 fully saturated rings. The molecule has 2 aliphatic rings. The first-order chi connectivity index (χ1) is 13.0. The number of anilines is 1. The van der Waals surface area contributed by atoms with Gasteiger partial charge in [-0.3, -0.25) is 14.6 Å². The molecule has 2 amide bonds. The molecule has 1 N–H and O–H groups in total. The van der Waals surface area contributed by atoms with Crippen LogP contribution in [-0.4, -0.2) is 30.4 Å². The number of benzene rings is 2. The van der Waals surface area contributed by atoms with Crippen LogP contribution in [0.4, 0.5) is 5.69 Å². The fourth-order valence-electron chi connectivity index (χ4n) is 4.16. The number of aromatic nitrogens is 1. The van der Waals surface area contributed by atoms with Crippen LogP contribution in [0.5, 0.6) is 0 Å². The third-order valence-corrected chi connectivity index (χ3v) is 5.93. The van der Waals surface area contributed by atoms with E-state index in [0.29, 0.717) is 0 Å². The van der Waals surface area contributed by atoms with Gasteiger partial charge in [-0.05, 0) is 37.3 Å². The van der Waals surface area contributed by atoms with Crippen molar-refractivity contribution in [2.75, 3.05) is 18.5 Å². The number of likely N-dealkylation sites (N-methyl/N-ethyl adjacent to an activating group) is 1. The van der Waals surface area contributed by atoms with Crippen LogP contribution in [0.2, 0.25) is 0 Å². The molecule has 0 saturated heterocycles. The first-order valence-electron chi connectivity index (χ1n) is 9.38. The van der Waals surface area contributed by atoms with Crippen molar-refractivity contribution in [3.8, 4) is 0 Å². The van der Waals surface area contributed by atoms with Crippen molar-refractivity contribution in [3.63, 3.8) is 0 Å². The van der Waals surface area contributed by atoms with E-state index < -0.39 is 5.41 Å². The summed E-state index contributed by atoms with van der Waals surface area (Å²) in [5.74, 6) is 0.117. The summed E-state index contributed by atoms with van der Waals surface area (Å²) in [6, 6.07) is 14.0. The zero-order valence-corrected chi connectivity index (χ0v) is 15.5. The molecule has 27 heavy (non-hydrogen) atoms. The smallest absolute Gasteiger partial charge is 0.240 e. The zero-order valence-electron chi connectivity index (χ0n) is 15.5. The lowest BCUT2D eigenvalue weighted by Crippen LogP contribution is -2.53. The van der Waals surface area contributed by atoms with Crippen molar-refractivity contribution in [3.05, 3.63) is 48.2 Å². The molecule has 1 saturated carbocycles. The number of nitrogens with one attached hydrogen (secondary N) is 1. The van der Waals surface area contributed by atoms with Crippen molar-refractivity contribution in [2.24, 2.45) is 5.92 Å². The molecular weight excluding hydrogens is 338 g/mol. The van der Waals surface area contributed by atoms with Crippen LogP contribution in [0.25, 0.3) is 21.7 Å². The monoisotopic (exact) mass is 359 g/mol. The molecule has 5 heteroatoms. The molecular formula is C22H21N3O2. The number of carbonyl (C=O) groups excluding carboxylic acids is 2. The first kappa shape index (κ1) is 16.2. The maximum Gasteiger partial charge on any atom is 0.240 e. The van der Waals surface area contributed by atoms with E-state index in [0.717, 1.165) is 45.9 Å². The molecule has 1 aliphatic heterocycles. The summed E-state index contributed by atoms with van der Waals surface area (Å²) >= 11 is 0. The number of amides is 2. The number of rotatable bonds is 3. The molecule has 1 atom stereocenters. The third-order valence-electron chi connectivity index (χ3n) is 5.93. The van der Waals surface area contributed by atoms with Gasteiger partial charge < -0.3 is 10.2 Å². The number of pyridine rings is 1. The minimum Gasteiger partial charge on any atom is -0.354 e. The highest BCUT2D eigenvalue weighted by Crippen LogP contribution is 2.43. The zero-order chi connectivity index (χ0) is 18.8. The molecule has 1 aliphatic carbocycles. The number of carbonyl (C=O) groups is 2. The van der Waals surface area contributed by atoms with Crippen LogP contribution < -0.4 is 10.2 Å². The van der Waals surface area contributed by atoms with E-state index in [4.69, 9.17) is 4.98 Å². The second-order valence-corrected chi connectivity index (χ2v) is 7.87. The quantitative estimate of drug-likeness (QED) is 0.731. The number of fused-ring (bicyclic) bond motifs is 2. The fourth-order valence-corrected chi connectivity index (χ4v) is 4.16. The Morgan fingerprint density at radius 2 is 1.93 bits per heavy atom. The first-order valence-corrected chi connectivity index (χ1v) is 9.38. The molecule has 2 heterocycles. The molecule has 5 rings (SSSR count). The Hall–Kier alpha value is -2.95. The SMILES string of the molecule is CN1C(=O)C(C)(CNC(=O)C2CC2)c2nc3ccccc3c3cccc1c23. The van der Waals surface area contributed by atoms with Crippen LogP contribution in [0.15, 0.2) is 42.5 Å². The minimum atomic E-state index is -0.893. The number of hydrogen-bond donors (Lipinski definition) is 1. The minimum absolute atomic E-state index is 0.0404. The number of hydrogen-bond acceptors (Lipinski definition) is 3. The van der Waals surface area contributed by atoms with Crippen LogP contribution >= 0.6 is 0 Å². The van der Waals surface area contributed by atoms with E-state index in [1.165, 1.54) is 0 Å². The van der Waals surface area contributed by atoms with Crippen LogP contribution in [0.1, 0.15) is 25.5 Å². The lowest BCUT2D eigenvalue weighted by molar-refractivity contribution is -0.125.